The van der Waals surface area contributed by atoms with Crippen LogP contribution in [0.15, 0.2) is 72.4 Å². The first-order chi connectivity index (χ1) is 14.6. The fourth-order valence-electron chi connectivity index (χ4n) is 2.92. The molecule has 0 saturated carbocycles. The van der Waals surface area contributed by atoms with Gasteiger partial charge in [0.25, 0.3) is 0 Å². The number of carbonyl (C=O) groups is 1. The fraction of sp³-hybridized carbons (Fsp3) is 0.261. The van der Waals surface area contributed by atoms with Crippen LogP contribution in [0.5, 0.6) is 5.75 Å². The van der Waals surface area contributed by atoms with E-state index < -0.39 is 0 Å². The highest BCUT2D eigenvalue weighted by Crippen LogP contribution is 2.26. The minimum atomic E-state index is -0.292. The van der Waals surface area contributed by atoms with Crippen LogP contribution in [0.4, 0.5) is 0 Å². The van der Waals surface area contributed by atoms with Gasteiger partial charge in [0.1, 0.15) is 5.75 Å². The second-order valence-electron chi connectivity index (χ2n) is 6.82. The van der Waals surface area contributed by atoms with Crippen LogP contribution in [0.1, 0.15) is 30.0 Å². The van der Waals surface area contributed by atoms with Crippen molar-refractivity contribution in [3.63, 3.8) is 0 Å². The molecule has 1 N–H and O–H groups in total. The Hall–Kier alpha value is -3.06. The number of hydrogen-bond acceptors (Lipinski definition) is 5. The van der Waals surface area contributed by atoms with E-state index in [4.69, 9.17) is 4.74 Å². The van der Waals surface area contributed by atoms with E-state index in [1.54, 1.807) is 6.08 Å². The normalized spacial score (nSPS) is 11.7. The van der Waals surface area contributed by atoms with Gasteiger partial charge in [-0.05, 0) is 31.0 Å². The number of para-hydroxylation sites is 1. The molecule has 0 aliphatic heterocycles. The molecule has 1 amide bonds. The Morgan fingerprint density at radius 3 is 2.67 bits per heavy atom. The maximum Gasteiger partial charge on any atom is 0.230 e. The van der Waals surface area contributed by atoms with E-state index in [0.717, 1.165) is 16.9 Å². The summed E-state index contributed by atoms with van der Waals surface area (Å²) < 4.78 is 8.03. The largest absolute Gasteiger partial charge is 0.482 e. The molecule has 0 radical (unpaired) electrons. The van der Waals surface area contributed by atoms with Gasteiger partial charge in [-0.25, -0.2) is 0 Å². The molecule has 0 aliphatic carbocycles. The third-order valence-electron chi connectivity index (χ3n) is 4.48. The predicted molar refractivity (Wildman–Crippen MR) is 119 cm³/mol. The zero-order valence-electron chi connectivity index (χ0n) is 17.2. The fourth-order valence-corrected chi connectivity index (χ4v) is 3.70. The molecule has 0 bridgehead atoms. The number of nitrogens with one attached hydrogen (secondary N) is 1. The number of ether oxygens (including phenoxy) is 1. The lowest BCUT2D eigenvalue weighted by Gasteiger charge is -2.17. The molecule has 3 rings (SSSR count). The van der Waals surface area contributed by atoms with Crippen LogP contribution in [0.2, 0.25) is 0 Å². The number of aryl methyl sites for hydroxylation is 1. The van der Waals surface area contributed by atoms with Crippen molar-refractivity contribution in [2.75, 3.05) is 5.75 Å². The Balaban J connectivity index is 1.62. The number of carbonyl (C=O) groups excluding carboxylic acids is 1. The molecule has 2 aromatic carbocycles. The first-order valence-electron chi connectivity index (χ1n) is 9.78. The zero-order valence-corrected chi connectivity index (χ0v) is 18.1. The SMILES string of the molecule is C=CCn1c(SCC(=O)NCc2ccccc2)nnc1C(C)Oc1ccccc1C. The summed E-state index contributed by atoms with van der Waals surface area (Å²) in [6, 6.07) is 17.7. The number of nitrogens with zero attached hydrogens (tertiary/aromatic N) is 3. The van der Waals surface area contributed by atoms with E-state index >= 15 is 0 Å². The van der Waals surface area contributed by atoms with Gasteiger partial charge in [0.05, 0.1) is 5.75 Å². The first kappa shape index (κ1) is 21.6. The average Bonchev–Trinajstić information content (AvgIpc) is 3.16. The highest BCUT2D eigenvalue weighted by Gasteiger charge is 2.20. The molecule has 0 aliphatic rings. The molecular formula is C23H26N4O2S. The van der Waals surface area contributed by atoms with Crippen molar-refractivity contribution in [3.8, 4) is 5.75 Å². The van der Waals surface area contributed by atoms with E-state index in [0.29, 0.717) is 24.1 Å². The van der Waals surface area contributed by atoms with Crippen molar-refractivity contribution in [1.29, 1.82) is 0 Å². The van der Waals surface area contributed by atoms with Crippen LogP contribution < -0.4 is 10.1 Å². The smallest absolute Gasteiger partial charge is 0.230 e. The lowest BCUT2D eigenvalue weighted by Crippen LogP contribution is -2.24. The van der Waals surface area contributed by atoms with Gasteiger partial charge in [-0.1, -0.05) is 66.4 Å². The van der Waals surface area contributed by atoms with E-state index in [1.165, 1.54) is 11.8 Å². The van der Waals surface area contributed by atoms with Gasteiger partial charge in [0.15, 0.2) is 17.1 Å². The van der Waals surface area contributed by atoms with E-state index in [1.807, 2.05) is 73.0 Å². The molecule has 7 heteroatoms. The maximum absolute atomic E-state index is 12.2. The van der Waals surface area contributed by atoms with Gasteiger partial charge in [-0.3, -0.25) is 9.36 Å². The van der Waals surface area contributed by atoms with Gasteiger partial charge in [0, 0.05) is 13.1 Å². The number of rotatable bonds is 10. The average molecular weight is 423 g/mol. The summed E-state index contributed by atoms with van der Waals surface area (Å²) in [6.07, 6.45) is 1.49. The summed E-state index contributed by atoms with van der Waals surface area (Å²) in [5.74, 6) is 1.72. The van der Waals surface area contributed by atoms with Crippen LogP contribution in [0.3, 0.4) is 0 Å². The van der Waals surface area contributed by atoms with Gasteiger partial charge in [0.2, 0.25) is 5.91 Å². The first-order valence-corrected chi connectivity index (χ1v) is 10.8. The summed E-state index contributed by atoms with van der Waals surface area (Å²) in [5.41, 5.74) is 2.12. The molecule has 3 aromatic rings. The maximum atomic E-state index is 12.2. The molecule has 1 aromatic heterocycles. The Bertz CT molecular complexity index is 988. The monoisotopic (exact) mass is 422 g/mol. The van der Waals surface area contributed by atoms with E-state index in [-0.39, 0.29) is 17.8 Å². The van der Waals surface area contributed by atoms with Crippen LogP contribution in [0.25, 0.3) is 0 Å². The Morgan fingerprint density at radius 2 is 1.93 bits per heavy atom. The van der Waals surface area contributed by atoms with Gasteiger partial charge >= 0.3 is 0 Å². The molecule has 1 heterocycles. The molecule has 1 atom stereocenters. The molecule has 0 fully saturated rings. The summed E-state index contributed by atoms with van der Waals surface area (Å²) in [6.45, 7) is 8.82. The molecule has 0 spiro atoms. The van der Waals surface area contributed by atoms with Gasteiger partial charge < -0.3 is 10.1 Å². The van der Waals surface area contributed by atoms with Crippen LogP contribution in [0, 0.1) is 6.92 Å². The molecule has 30 heavy (non-hydrogen) atoms. The van der Waals surface area contributed by atoms with Crippen LogP contribution in [-0.4, -0.2) is 26.4 Å². The molecule has 6 nitrogen and oxygen atoms in total. The minimum Gasteiger partial charge on any atom is -0.482 e. The number of benzene rings is 2. The van der Waals surface area contributed by atoms with Crippen molar-refractivity contribution in [2.45, 2.75) is 38.2 Å². The zero-order chi connectivity index (χ0) is 21.3. The number of hydrogen-bond donors (Lipinski definition) is 1. The standard InChI is InChI=1S/C23H26N4O2S/c1-4-14-27-22(18(3)29-20-13-9-8-10-17(20)2)25-26-23(27)30-16-21(28)24-15-19-11-6-5-7-12-19/h4-13,18H,1,14-16H2,2-3H3,(H,24,28). The molecule has 1 unspecified atom stereocenters. The van der Waals surface area contributed by atoms with E-state index in [9.17, 15) is 4.79 Å². The highest BCUT2D eigenvalue weighted by molar-refractivity contribution is 7.99. The van der Waals surface area contributed by atoms with Crippen molar-refractivity contribution < 1.29 is 9.53 Å². The van der Waals surface area contributed by atoms with Gasteiger partial charge in [-0.2, -0.15) is 0 Å². The lowest BCUT2D eigenvalue weighted by molar-refractivity contribution is -0.118. The molecular weight excluding hydrogens is 396 g/mol. The summed E-state index contributed by atoms with van der Waals surface area (Å²) in [7, 11) is 0. The summed E-state index contributed by atoms with van der Waals surface area (Å²) >= 11 is 1.35. The summed E-state index contributed by atoms with van der Waals surface area (Å²) in [5, 5.41) is 12.2. The van der Waals surface area contributed by atoms with Crippen molar-refractivity contribution >= 4 is 17.7 Å². The molecule has 0 saturated heterocycles. The van der Waals surface area contributed by atoms with Crippen molar-refractivity contribution in [2.24, 2.45) is 0 Å². The number of allylic oxidation sites excluding steroid dienone is 1. The quantitative estimate of drug-likeness (QED) is 0.389. The second kappa shape index (κ2) is 10.6. The third kappa shape index (κ3) is 5.73. The highest BCUT2D eigenvalue weighted by atomic mass is 32.2. The summed E-state index contributed by atoms with van der Waals surface area (Å²) in [4.78, 5) is 12.2. The number of thioether (sulfide) groups is 1. The second-order valence-corrected chi connectivity index (χ2v) is 7.76. The molecule has 156 valence electrons. The third-order valence-corrected chi connectivity index (χ3v) is 5.45. The number of amides is 1. The van der Waals surface area contributed by atoms with Crippen molar-refractivity contribution in [1.82, 2.24) is 20.1 Å². The van der Waals surface area contributed by atoms with Crippen LogP contribution in [-0.2, 0) is 17.9 Å². The van der Waals surface area contributed by atoms with Crippen LogP contribution >= 0.6 is 11.8 Å². The van der Waals surface area contributed by atoms with Gasteiger partial charge in [-0.15, -0.1) is 16.8 Å². The Labute approximate surface area is 181 Å². The Kier molecular flexibility index (Phi) is 7.68. The Morgan fingerprint density at radius 1 is 1.20 bits per heavy atom. The number of aromatic nitrogens is 3. The van der Waals surface area contributed by atoms with Crippen molar-refractivity contribution in [3.05, 3.63) is 84.2 Å². The lowest BCUT2D eigenvalue weighted by atomic mass is 10.2. The van der Waals surface area contributed by atoms with E-state index in [2.05, 4.69) is 22.1 Å². The predicted octanol–water partition coefficient (Wildman–Crippen LogP) is 4.32. The minimum absolute atomic E-state index is 0.0530. The topological polar surface area (TPSA) is 69.0 Å².